The monoisotopic (exact) mass is 624 g/mol. The molecule has 9 heteroatoms. The first-order valence-corrected chi connectivity index (χ1v) is 16.7. The fourth-order valence-corrected chi connectivity index (χ4v) is 5.12. The topological polar surface area (TPSA) is 142 Å². The average molecular weight is 625 g/mol. The van der Waals surface area contributed by atoms with Crippen molar-refractivity contribution in [3.8, 4) is 5.75 Å². The Hall–Kier alpha value is -3.88. The Kier molecular flexibility index (Phi) is 18.7. The number of ether oxygens (including phenoxy) is 1. The Morgan fingerprint density at radius 1 is 0.711 bits per heavy atom. The van der Waals surface area contributed by atoms with Crippen LogP contribution in [-0.4, -0.2) is 40.6 Å². The van der Waals surface area contributed by atoms with E-state index in [1.807, 2.05) is 6.07 Å². The lowest BCUT2D eigenvalue weighted by molar-refractivity contribution is -0.145. The summed E-state index contributed by atoms with van der Waals surface area (Å²) in [5.41, 5.74) is 1.37. The van der Waals surface area contributed by atoms with Gasteiger partial charge in [0.25, 0.3) is 0 Å². The number of hydrogen-bond acceptors (Lipinski definition) is 5. The lowest BCUT2D eigenvalue weighted by atomic mass is 9.98. The third-order valence-electron chi connectivity index (χ3n) is 7.72. The number of carbonyl (C=O) groups is 4. The smallest absolute Gasteiger partial charge is 0.316 e. The summed E-state index contributed by atoms with van der Waals surface area (Å²) in [4.78, 5) is 48.5. The predicted molar refractivity (Wildman–Crippen MR) is 178 cm³/mol. The third-order valence-corrected chi connectivity index (χ3v) is 7.72. The quantitative estimate of drug-likeness (QED) is 0.0644. The van der Waals surface area contributed by atoms with Crippen LogP contribution in [0.3, 0.4) is 0 Å². The maximum absolute atomic E-state index is 12.9. The summed E-state index contributed by atoms with van der Waals surface area (Å²) < 4.78 is 5.75. The number of aliphatic carboxylic acids is 2. The van der Waals surface area contributed by atoms with Crippen LogP contribution in [-0.2, 0) is 25.6 Å². The second-order valence-corrected chi connectivity index (χ2v) is 11.7. The summed E-state index contributed by atoms with van der Waals surface area (Å²) in [6.07, 6.45) is 16.4. The molecule has 45 heavy (non-hydrogen) atoms. The van der Waals surface area contributed by atoms with Crippen molar-refractivity contribution in [2.75, 3.05) is 17.2 Å². The van der Waals surface area contributed by atoms with E-state index in [-0.39, 0.29) is 25.4 Å². The lowest BCUT2D eigenvalue weighted by Crippen LogP contribution is -2.31. The average Bonchev–Trinajstić information content (AvgIpc) is 3.01. The molecule has 4 N–H and O–H groups in total. The van der Waals surface area contributed by atoms with Crippen LogP contribution in [0.1, 0.15) is 115 Å². The summed E-state index contributed by atoms with van der Waals surface area (Å²) in [5, 5.41) is 24.1. The van der Waals surface area contributed by atoms with Gasteiger partial charge in [-0.2, -0.15) is 0 Å². The summed E-state index contributed by atoms with van der Waals surface area (Å²) >= 11 is 0. The van der Waals surface area contributed by atoms with Crippen molar-refractivity contribution in [1.29, 1.82) is 0 Å². The van der Waals surface area contributed by atoms with Crippen LogP contribution in [0.25, 0.3) is 0 Å². The van der Waals surface area contributed by atoms with Gasteiger partial charge in [0, 0.05) is 18.5 Å². The number of nitrogens with one attached hydrogen (secondary N) is 2. The Labute approximate surface area is 268 Å². The molecule has 0 saturated heterocycles. The van der Waals surface area contributed by atoms with Gasteiger partial charge in [0.15, 0.2) is 0 Å². The molecule has 9 nitrogen and oxygen atoms in total. The van der Waals surface area contributed by atoms with Crippen LogP contribution in [0.2, 0.25) is 0 Å². The van der Waals surface area contributed by atoms with Crippen molar-refractivity contribution in [3.05, 3.63) is 54.1 Å². The van der Waals surface area contributed by atoms with Crippen LogP contribution in [0, 0.1) is 5.92 Å². The van der Waals surface area contributed by atoms with Gasteiger partial charge in [-0.15, -0.1) is 0 Å². The van der Waals surface area contributed by atoms with Gasteiger partial charge in [-0.25, -0.2) is 0 Å². The molecule has 1 atom stereocenters. The molecular weight excluding hydrogens is 572 g/mol. The first-order valence-electron chi connectivity index (χ1n) is 16.7. The molecule has 2 aromatic carbocycles. The van der Waals surface area contributed by atoms with Crippen LogP contribution < -0.4 is 15.4 Å². The predicted octanol–water partition coefficient (Wildman–Crippen LogP) is 8.23. The van der Waals surface area contributed by atoms with Crippen molar-refractivity contribution in [1.82, 2.24) is 0 Å². The van der Waals surface area contributed by atoms with E-state index in [1.165, 1.54) is 70.3 Å². The van der Waals surface area contributed by atoms with Gasteiger partial charge >= 0.3 is 11.9 Å². The number of benzene rings is 2. The fourth-order valence-electron chi connectivity index (χ4n) is 5.12. The van der Waals surface area contributed by atoms with Gasteiger partial charge in [0.05, 0.1) is 12.3 Å². The number of anilines is 2. The zero-order valence-electron chi connectivity index (χ0n) is 26.9. The normalized spacial score (nSPS) is 11.5. The second-order valence-electron chi connectivity index (χ2n) is 11.7. The fraction of sp³-hybridized carbons (Fsp3) is 0.556. The molecule has 0 saturated carbocycles. The Balaban J connectivity index is 1.87. The molecule has 0 aliphatic heterocycles. The molecule has 248 valence electrons. The first-order chi connectivity index (χ1) is 21.8. The molecule has 0 radical (unpaired) electrons. The molecule has 0 bridgehead atoms. The van der Waals surface area contributed by atoms with E-state index in [2.05, 4.69) is 17.6 Å². The maximum Gasteiger partial charge on any atom is 0.316 e. The minimum Gasteiger partial charge on any atom is -0.491 e. The van der Waals surface area contributed by atoms with E-state index in [0.717, 1.165) is 24.8 Å². The SMILES string of the molecule is CCCCCCCCCCCCCCCC(=O)Nc1cc(NC(=O)C(Cc2ccccc2)C(=O)O)ccc1OCCCC(=O)O. The Morgan fingerprint density at radius 2 is 1.31 bits per heavy atom. The number of carboxylic acids is 2. The zero-order chi connectivity index (χ0) is 32.7. The molecule has 2 rings (SSSR count). The number of rotatable bonds is 25. The van der Waals surface area contributed by atoms with E-state index in [1.54, 1.807) is 36.4 Å². The molecule has 0 heterocycles. The molecule has 2 amide bonds. The van der Waals surface area contributed by atoms with Gasteiger partial charge in [0.1, 0.15) is 11.7 Å². The van der Waals surface area contributed by atoms with Crippen LogP contribution >= 0.6 is 0 Å². The maximum atomic E-state index is 12.9. The largest absolute Gasteiger partial charge is 0.491 e. The highest BCUT2D eigenvalue weighted by Gasteiger charge is 2.27. The summed E-state index contributed by atoms with van der Waals surface area (Å²) in [5.74, 6) is -3.98. The van der Waals surface area contributed by atoms with Gasteiger partial charge in [-0.3, -0.25) is 19.2 Å². The van der Waals surface area contributed by atoms with Crippen LogP contribution in [0.4, 0.5) is 11.4 Å². The van der Waals surface area contributed by atoms with Crippen molar-refractivity contribution in [2.45, 2.75) is 116 Å². The van der Waals surface area contributed by atoms with Gasteiger partial charge in [-0.05, 0) is 43.0 Å². The number of hydrogen-bond donors (Lipinski definition) is 4. The molecule has 0 aliphatic carbocycles. The van der Waals surface area contributed by atoms with E-state index in [0.29, 0.717) is 30.0 Å². The standard InChI is InChI=1S/C36H52N2O7/c1-2-3-4-5-6-7-8-9-10-11-12-13-17-21-33(39)38-31-27-29(23-24-32(31)45-25-18-22-34(40)41)37-35(42)30(36(43)44)26-28-19-15-14-16-20-28/h14-16,19-20,23-24,27,30H,2-13,17-18,21-22,25-26H2,1H3,(H,37,42)(H,38,39)(H,40,41)(H,43,44). The van der Waals surface area contributed by atoms with Gasteiger partial charge < -0.3 is 25.6 Å². The molecule has 1 unspecified atom stereocenters. The van der Waals surface area contributed by atoms with Crippen LogP contribution in [0.5, 0.6) is 5.75 Å². The number of amides is 2. The van der Waals surface area contributed by atoms with Crippen molar-refractivity contribution in [2.24, 2.45) is 5.92 Å². The zero-order valence-corrected chi connectivity index (χ0v) is 26.9. The Morgan fingerprint density at radius 3 is 1.89 bits per heavy atom. The molecule has 0 fully saturated rings. The minimum absolute atomic E-state index is 0.0372. The molecule has 0 aliphatic rings. The molecule has 2 aromatic rings. The number of carboxylic acid groups (broad SMARTS) is 2. The van der Waals surface area contributed by atoms with E-state index < -0.39 is 23.8 Å². The summed E-state index contributed by atoms with van der Waals surface area (Å²) in [6.45, 7) is 2.38. The van der Waals surface area contributed by atoms with Crippen molar-refractivity contribution >= 4 is 35.1 Å². The second kappa shape index (κ2) is 22.6. The van der Waals surface area contributed by atoms with E-state index in [9.17, 15) is 24.3 Å². The molecule has 0 aromatic heterocycles. The van der Waals surface area contributed by atoms with E-state index >= 15 is 0 Å². The van der Waals surface area contributed by atoms with Gasteiger partial charge in [0.2, 0.25) is 11.8 Å². The van der Waals surface area contributed by atoms with Gasteiger partial charge in [-0.1, -0.05) is 114 Å². The lowest BCUT2D eigenvalue weighted by Gasteiger charge is -2.16. The first kappa shape index (κ1) is 37.3. The molecular formula is C36H52N2O7. The summed E-state index contributed by atoms with van der Waals surface area (Å²) in [7, 11) is 0. The van der Waals surface area contributed by atoms with Crippen LogP contribution in [0.15, 0.2) is 48.5 Å². The van der Waals surface area contributed by atoms with Crippen molar-refractivity contribution < 1.29 is 34.1 Å². The van der Waals surface area contributed by atoms with E-state index in [4.69, 9.17) is 9.84 Å². The highest BCUT2D eigenvalue weighted by molar-refractivity contribution is 6.05. The summed E-state index contributed by atoms with van der Waals surface area (Å²) in [6, 6.07) is 13.6. The number of unbranched alkanes of at least 4 members (excludes halogenated alkanes) is 12. The third kappa shape index (κ3) is 16.7. The highest BCUT2D eigenvalue weighted by Crippen LogP contribution is 2.29. The van der Waals surface area contributed by atoms with Crippen molar-refractivity contribution in [3.63, 3.8) is 0 Å². The highest BCUT2D eigenvalue weighted by atomic mass is 16.5. The Bertz CT molecular complexity index is 1170. The minimum atomic E-state index is -1.30. The number of carbonyl (C=O) groups excluding carboxylic acids is 2. The molecule has 0 spiro atoms.